The maximum Gasteiger partial charge on any atom is 0.114 e. The number of hydrogen-bond donors (Lipinski definition) is 4. The molecular weight excluding hydrogens is 764 g/mol. The van der Waals surface area contributed by atoms with Gasteiger partial charge in [0.2, 0.25) is 0 Å². The lowest BCUT2D eigenvalue weighted by molar-refractivity contribution is -0.298. The second kappa shape index (κ2) is 15.2. The summed E-state index contributed by atoms with van der Waals surface area (Å²) in [6.45, 7) is -0.159. The molecule has 0 fully saturated rings. The summed E-state index contributed by atoms with van der Waals surface area (Å²) in [5.74, 6) is 0. The first-order valence-corrected chi connectivity index (χ1v) is 10.6. The van der Waals surface area contributed by atoms with Crippen LogP contribution in [-0.4, -0.2) is 72.3 Å². The monoisotopic (exact) mass is 782 g/mol. The Bertz CT molecular complexity index is 403. The summed E-state index contributed by atoms with van der Waals surface area (Å²) in [6.07, 6.45) is -1.82. The second-order valence-corrected chi connectivity index (χ2v) is 8.93. The van der Waals surface area contributed by atoms with E-state index in [0.717, 1.165) is 14.3 Å². The molecule has 136 valence electrons. The molecule has 23 heavy (non-hydrogen) atoms. The van der Waals surface area contributed by atoms with Gasteiger partial charge in [0.15, 0.2) is 0 Å². The van der Waals surface area contributed by atoms with Crippen LogP contribution in [0.1, 0.15) is 0 Å². The zero-order chi connectivity index (χ0) is 17.8. The number of rotatable bonds is 12. The van der Waals surface area contributed by atoms with E-state index in [9.17, 15) is 5.11 Å². The van der Waals surface area contributed by atoms with Crippen molar-refractivity contribution in [2.24, 2.45) is 0 Å². The van der Waals surface area contributed by atoms with Crippen molar-refractivity contribution >= 4 is 90.4 Å². The van der Waals surface area contributed by atoms with E-state index in [0.29, 0.717) is 6.61 Å². The summed E-state index contributed by atoms with van der Waals surface area (Å²) in [5, 5.41) is 35.7. The molecule has 0 aliphatic carbocycles. The molecule has 0 aromatic rings. The normalized spacial score (nSPS) is 16.7. The van der Waals surface area contributed by atoms with E-state index in [2.05, 4.69) is 90.4 Å². The summed E-state index contributed by atoms with van der Waals surface area (Å²) in [6, 6.07) is 0. The van der Waals surface area contributed by atoms with E-state index in [4.69, 9.17) is 29.8 Å². The van der Waals surface area contributed by atoms with Gasteiger partial charge in [0.05, 0.1) is 26.4 Å². The molecule has 0 spiro atoms. The molecule has 0 aromatic carbocycles. The van der Waals surface area contributed by atoms with Gasteiger partial charge in [-0.25, -0.2) is 9.78 Å². The maximum absolute atomic E-state index is 9.21. The van der Waals surface area contributed by atoms with Crippen LogP contribution in [0.3, 0.4) is 0 Å². The van der Waals surface area contributed by atoms with Crippen molar-refractivity contribution in [3.63, 3.8) is 0 Å². The molecule has 0 saturated carbocycles. The standard InChI is InChI=1S/C12H18I4O7/c13-9(5-21-3-7(19)1-17)11(15)12(16)10(14)6-23-22-4-8(20)2-18/h7-8,17-20H,1-6H2. The minimum atomic E-state index is -0.955. The molecule has 2 unspecified atom stereocenters. The lowest BCUT2D eigenvalue weighted by Gasteiger charge is -2.11. The molecule has 0 aliphatic rings. The topological polar surface area (TPSA) is 109 Å². The average molecular weight is 782 g/mol. The zero-order valence-electron chi connectivity index (χ0n) is 11.9. The second-order valence-electron chi connectivity index (χ2n) is 4.17. The Morgan fingerprint density at radius 2 is 1.22 bits per heavy atom. The van der Waals surface area contributed by atoms with Crippen LogP contribution in [0.4, 0.5) is 0 Å². The van der Waals surface area contributed by atoms with Gasteiger partial charge in [-0.1, -0.05) is 0 Å². The number of halogens is 4. The van der Waals surface area contributed by atoms with E-state index >= 15 is 0 Å². The first-order chi connectivity index (χ1) is 10.8. The fourth-order valence-corrected chi connectivity index (χ4v) is 3.86. The highest BCUT2D eigenvalue weighted by atomic mass is 127. The smallest absolute Gasteiger partial charge is 0.114 e. The van der Waals surface area contributed by atoms with Crippen molar-refractivity contribution in [3.8, 4) is 0 Å². The highest BCUT2D eigenvalue weighted by Crippen LogP contribution is 2.35. The highest BCUT2D eigenvalue weighted by molar-refractivity contribution is 14.1. The maximum atomic E-state index is 9.21. The predicted molar refractivity (Wildman–Crippen MR) is 119 cm³/mol. The molecule has 11 heteroatoms. The van der Waals surface area contributed by atoms with Crippen LogP contribution in [-0.2, 0) is 14.5 Å². The average Bonchev–Trinajstić information content (AvgIpc) is 2.56. The molecule has 0 amide bonds. The third-order valence-corrected chi connectivity index (χ3v) is 9.34. The Kier molecular flexibility index (Phi) is 16.6. The van der Waals surface area contributed by atoms with Gasteiger partial charge in [0.25, 0.3) is 0 Å². The Labute approximate surface area is 189 Å². The minimum absolute atomic E-state index is 0.0778. The summed E-state index contributed by atoms with van der Waals surface area (Å²) in [4.78, 5) is 9.79. The third kappa shape index (κ3) is 12.2. The largest absolute Gasteiger partial charge is 0.394 e. The van der Waals surface area contributed by atoms with Crippen LogP contribution >= 0.6 is 90.4 Å². The first-order valence-electron chi connectivity index (χ1n) is 6.32. The molecule has 4 N–H and O–H groups in total. The first kappa shape index (κ1) is 25.1. The van der Waals surface area contributed by atoms with Crippen LogP contribution < -0.4 is 0 Å². The summed E-state index contributed by atoms with van der Waals surface area (Å²) >= 11 is 8.68. The molecular formula is C12H18I4O7. The molecule has 0 aromatic heterocycles. The summed E-state index contributed by atoms with van der Waals surface area (Å²) < 4.78 is 9.16. The van der Waals surface area contributed by atoms with Crippen molar-refractivity contribution in [1.29, 1.82) is 0 Å². The van der Waals surface area contributed by atoms with Gasteiger partial charge < -0.3 is 25.2 Å². The van der Waals surface area contributed by atoms with Crippen molar-refractivity contribution in [3.05, 3.63) is 14.3 Å². The molecule has 2 atom stereocenters. The molecule has 0 saturated heterocycles. The SMILES string of the molecule is OCC(O)COCC(I)=C(I)C(I)=C(I)COOCC(O)CO. The number of ether oxygens (including phenoxy) is 1. The summed E-state index contributed by atoms with van der Waals surface area (Å²) in [5.41, 5.74) is 0. The highest BCUT2D eigenvalue weighted by Gasteiger charge is 2.11. The van der Waals surface area contributed by atoms with Gasteiger partial charge in [0.1, 0.15) is 25.4 Å². The van der Waals surface area contributed by atoms with Crippen LogP contribution in [0.5, 0.6) is 0 Å². The Morgan fingerprint density at radius 1 is 0.739 bits per heavy atom. The molecule has 0 aliphatic heterocycles. The van der Waals surface area contributed by atoms with E-state index in [1.165, 1.54) is 0 Å². The molecule has 0 radical (unpaired) electrons. The number of aliphatic hydroxyl groups excluding tert-OH is 4. The molecule has 0 bridgehead atoms. The fourth-order valence-electron chi connectivity index (χ4n) is 0.975. The quantitative estimate of drug-likeness (QED) is 0.0788. The molecule has 0 heterocycles. The van der Waals surface area contributed by atoms with Gasteiger partial charge in [-0.3, -0.25) is 0 Å². The minimum Gasteiger partial charge on any atom is -0.394 e. The van der Waals surface area contributed by atoms with Crippen LogP contribution in [0.2, 0.25) is 0 Å². The van der Waals surface area contributed by atoms with Crippen LogP contribution in [0, 0.1) is 0 Å². The Hall–Kier alpha value is 2.12. The van der Waals surface area contributed by atoms with Gasteiger partial charge in [-0.05, 0) is 90.4 Å². The molecule has 7 nitrogen and oxygen atoms in total. The van der Waals surface area contributed by atoms with Gasteiger partial charge >= 0.3 is 0 Å². The lowest BCUT2D eigenvalue weighted by atomic mass is 10.4. The van der Waals surface area contributed by atoms with Crippen molar-refractivity contribution in [2.75, 3.05) is 39.6 Å². The van der Waals surface area contributed by atoms with Crippen LogP contribution in [0.25, 0.3) is 0 Å². The van der Waals surface area contributed by atoms with Gasteiger partial charge in [0, 0.05) is 14.3 Å². The van der Waals surface area contributed by atoms with Crippen molar-refractivity contribution in [2.45, 2.75) is 12.2 Å². The van der Waals surface area contributed by atoms with Crippen molar-refractivity contribution < 1.29 is 34.9 Å². The van der Waals surface area contributed by atoms with E-state index in [1.807, 2.05) is 0 Å². The summed E-state index contributed by atoms with van der Waals surface area (Å²) in [7, 11) is 0. The fraction of sp³-hybridized carbons (Fsp3) is 0.667. The Balaban J connectivity index is 4.39. The van der Waals surface area contributed by atoms with E-state index in [-0.39, 0.29) is 33.0 Å². The lowest BCUT2D eigenvalue weighted by Crippen LogP contribution is -2.19. The number of aliphatic hydroxyl groups is 4. The Morgan fingerprint density at radius 3 is 1.74 bits per heavy atom. The molecule has 0 rings (SSSR count). The predicted octanol–water partition coefficient (Wildman–Crippen LogP) is 1.82. The van der Waals surface area contributed by atoms with E-state index in [1.54, 1.807) is 0 Å². The van der Waals surface area contributed by atoms with Crippen LogP contribution in [0.15, 0.2) is 14.3 Å². The van der Waals surface area contributed by atoms with Gasteiger partial charge in [-0.2, -0.15) is 0 Å². The van der Waals surface area contributed by atoms with E-state index < -0.39 is 12.2 Å². The zero-order valence-corrected chi connectivity index (χ0v) is 20.6. The number of hydrogen-bond acceptors (Lipinski definition) is 7. The van der Waals surface area contributed by atoms with Crippen molar-refractivity contribution in [1.82, 2.24) is 0 Å². The van der Waals surface area contributed by atoms with Gasteiger partial charge in [-0.15, -0.1) is 0 Å². The number of allylic oxidation sites excluding steroid dienone is 2. The third-order valence-electron chi connectivity index (χ3n) is 2.16.